The third-order valence-corrected chi connectivity index (χ3v) is 2.79. The minimum absolute atomic E-state index is 0.811. The molecule has 2 aromatic rings. The van der Waals surface area contributed by atoms with Crippen LogP contribution in [0.3, 0.4) is 0 Å². The fourth-order valence-electron chi connectivity index (χ4n) is 1.46. The number of aromatic nitrogens is 3. The second-order valence-electron chi connectivity index (χ2n) is 3.04. The molecule has 4 heteroatoms. The first-order valence-corrected chi connectivity index (χ1v) is 5.02. The lowest BCUT2D eigenvalue weighted by molar-refractivity contribution is 1.07. The molecule has 0 saturated carbocycles. The number of nitrogens with zero attached hydrogens (tertiary/aromatic N) is 3. The Kier molecular flexibility index (Phi) is 1.58. The summed E-state index contributed by atoms with van der Waals surface area (Å²) in [6, 6.07) is 0. The highest BCUT2D eigenvalue weighted by Gasteiger charge is 2.12. The Morgan fingerprint density at radius 3 is 2.93 bits per heavy atom. The van der Waals surface area contributed by atoms with Gasteiger partial charge < -0.3 is 0 Å². The van der Waals surface area contributed by atoms with Crippen molar-refractivity contribution in [2.45, 2.75) is 0 Å². The van der Waals surface area contributed by atoms with E-state index in [1.165, 1.54) is 0 Å². The molecule has 0 fully saturated rings. The van der Waals surface area contributed by atoms with Gasteiger partial charge in [-0.3, -0.25) is 9.38 Å². The number of hydrogen-bond donors (Lipinski definition) is 0. The van der Waals surface area contributed by atoms with E-state index in [2.05, 4.69) is 25.9 Å². The molecule has 3 rings (SSSR count). The molecule has 1 aliphatic rings. The first-order valence-electron chi connectivity index (χ1n) is 4.22. The van der Waals surface area contributed by atoms with E-state index in [0.717, 1.165) is 21.5 Å². The maximum atomic E-state index is 4.43. The Balaban J connectivity index is 2.34. The molecule has 0 saturated heterocycles. The summed E-state index contributed by atoms with van der Waals surface area (Å²) in [4.78, 5) is 8.53. The molecule has 2 aromatic heterocycles. The molecular weight excluding hydrogens is 242 g/mol. The van der Waals surface area contributed by atoms with E-state index in [-0.39, 0.29) is 0 Å². The van der Waals surface area contributed by atoms with Crippen molar-refractivity contribution in [1.82, 2.24) is 14.4 Å². The number of imidazole rings is 1. The number of halogens is 1. The average Bonchev–Trinajstić information content (AvgIpc) is 2.43. The van der Waals surface area contributed by atoms with Crippen LogP contribution in [0.1, 0.15) is 5.69 Å². The number of allylic oxidation sites excluding steroid dienone is 4. The highest BCUT2D eigenvalue weighted by molar-refractivity contribution is 9.10. The zero-order valence-corrected chi connectivity index (χ0v) is 8.77. The van der Waals surface area contributed by atoms with E-state index in [4.69, 9.17) is 0 Å². The largest absolute Gasteiger partial charge is 0.291 e. The maximum absolute atomic E-state index is 4.43. The van der Waals surface area contributed by atoms with Crippen molar-refractivity contribution in [1.29, 1.82) is 0 Å². The van der Waals surface area contributed by atoms with Crippen LogP contribution in [-0.2, 0) is 0 Å². The van der Waals surface area contributed by atoms with Gasteiger partial charge in [-0.25, -0.2) is 4.98 Å². The van der Waals surface area contributed by atoms with Crippen LogP contribution in [0.5, 0.6) is 0 Å². The summed E-state index contributed by atoms with van der Waals surface area (Å²) in [6.45, 7) is 0. The van der Waals surface area contributed by atoms with Crippen LogP contribution in [0, 0.1) is 0 Å². The molecule has 3 nitrogen and oxygen atoms in total. The van der Waals surface area contributed by atoms with Gasteiger partial charge in [0.25, 0.3) is 0 Å². The van der Waals surface area contributed by atoms with Crippen LogP contribution >= 0.6 is 15.9 Å². The summed E-state index contributed by atoms with van der Waals surface area (Å²) in [6.07, 6.45) is 11.5. The van der Waals surface area contributed by atoms with Crippen LogP contribution in [-0.4, -0.2) is 14.4 Å². The topological polar surface area (TPSA) is 30.2 Å². The average molecular weight is 248 g/mol. The highest BCUT2D eigenvalue weighted by atomic mass is 79.9. The molecular formula is C10H6BrN3. The van der Waals surface area contributed by atoms with E-state index in [1.807, 2.05) is 35.0 Å². The standard InChI is InChI=1S/C10H6BrN3/c11-10-13-9(7-2-1-3-7)8-6-12-4-5-14(8)10/h1-6H. The SMILES string of the molecule is Brc1nc(C2=CC=C2)c2cnccn12. The third-order valence-electron chi connectivity index (χ3n) is 2.23. The molecule has 0 bridgehead atoms. The Labute approximate surface area is 88.9 Å². The normalized spacial score (nSPS) is 14.2. The Bertz CT molecular complexity index is 566. The molecule has 0 atom stereocenters. The molecule has 68 valence electrons. The summed E-state index contributed by atoms with van der Waals surface area (Å²) in [7, 11) is 0. The van der Waals surface area contributed by atoms with Gasteiger partial charge in [0, 0.05) is 18.0 Å². The fraction of sp³-hybridized carbons (Fsp3) is 0. The van der Waals surface area contributed by atoms with Crippen molar-refractivity contribution in [2.75, 3.05) is 0 Å². The molecule has 0 N–H and O–H groups in total. The van der Waals surface area contributed by atoms with Crippen LogP contribution in [0.4, 0.5) is 0 Å². The molecule has 0 unspecified atom stereocenters. The monoisotopic (exact) mass is 247 g/mol. The highest BCUT2D eigenvalue weighted by Crippen LogP contribution is 2.27. The molecule has 0 aromatic carbocycles. The number of hydrogen-bond acceptors (Lipinski definition) is 2. The van der Waals surface area contributed by atoms with Crippen LogP contribution in [0.25, 0.3) is 11.1 Å². The molecule has 0 aliphatic heterocycles. The quantitative estimate of drug-likeness (QED) is 0.775. The molecule has 14 heavy (non-hydrogen) atoms. The number of fused-ring (bicyclic) bond motifs is 1. The minimum Gasteiger partial charge on any atom is -0.291 e. The molecule has 1 aliphatic carbocycles. The Hall–Kier alpha value is -1.42. The predicted molar refractivity (Wildman–Crippen MR) is 57.8 cm³/mol. The second kappa shape index (κ2) is 2.78. The summed E-state index contributed by atoms with van der Waals surface area (Å²) < 4.78 is 2.78. The zero-order chi connectivity index (χ0) is 9.54. The van der Waals surface area contributed by atoms with Gasteiger partial charge in [-0.05, 0) is 15.9 Å². The van der Waals surface area contributed by atoms with Gasteiger partial charge in [0.2, 0.25) is 0 Å². The second-order valence-corrected chi connectivity index (χ2v) is 3.75. The van der Waals surface area contributed by atoms with E-state index < -0.39 is 0 Å². The van der Waals surface area contributed by atoms with Crippen molar-refractivity contribution < 1.29 is 0 Å². The molecule has 0 spiro atoms. The fourth-order valence-corrected chi connectivity index (χ4v) is 1.95. The van der Waals surface area contributed by atoms with Crippen molar-refractivity contribution in [3.63, 3.8) is 0 Å². The van der Waals surface area contributed by atoms with Crippen molar-refractivity contribution >= 4 is 27.0 Å². The van der Waals surface area contributed by atoms with E-state index in [0.29, 0.717) is 0 Å². The van der Waals surface area contributed by atoms with Gasteiger partial charge in [0.1, 0.15) is 0 Å². The minimum atomic E-state index is 0.811. The van der Waals surface area contributed by atoms with E-state index in [9.17, 15) is 0 Å². The van der Waals surface area contributed by atoms with E-state index >= 15 is 0 Å². The lowest BCUT2D eigenvalue weighted by atomic mass is 10.1. The lowest BCUT2D eigenvalue weighted by Gasteiger charge is -2.03. The number of rotatable bonds is 1. The Morgan fingerprint density at radius 1 is 1.36 bits per heavy atom. The van der Waals surface area contributed by atoms with Gasteiger partial charge in [0.15, 0.2) is 4.73 Å². The summed E-state index contributed by atoms with van der Waals surface area (Å²) in [5, 5.41) is 0. The molecule has 0 amide bonds. The first kappa shape index (κ1) is 7.94. The summed E-state index contributed by atoms with van der Waals surface area (Å²) in [5.74, 6) is 0. The third kappa shape index (κ3) is 0.974. The van der Waals surface area contributed by atoms with E-state index in [1.54, 1.807) is 6.20 Å². The van der Waals surface area contributed by atoms with Gasteiger partial charge in [-0.1, -0.05) is 18.2 Å². The van der Waals surface area contributed by atoms with Crippen molar-refractivity contribution in [3.05, 3.63) is 47.2 Å². The van der Waals surface area contributed by atoms with Gasteiger partial charge in [0.05, 0.1) is 17.4 Å². The van der Waals surface area contributed by atoms with Gasteiger partial charge in [-0.15, -0.1) is 0 Å². The summed E-state index contributed by atoms with van der Waals surface area (Å²) >= 11 is 3.41. The Morgan fingerprint density at radius 2 is 2.21 bits per heavy atom. The molecule has 2 heterocycles. The maximum Gasteiger partial charge on any atom is 0.182 e. The van der Waals surface area contributed by atoms with Crippen LogP contribution in [0.15, 0.2) is 41.6 Å². The van der Waals surface area contributed by atoms with Crippen LogP contribution < -0.4 is 0 Å². The first-order chi connectivity index (χ1) is 6.86. The lowest BCUT2D eigenvalue weighted by Crippen LogP contribution is -1.88. The van der Waals surface area contributed by atoms with Crippen molar-refractivity contribution in [3.8, 4) is 0 Å². The predicted octanol–water partition coefficient (Wildman–Crippen LogP) is 2.45. The zero-order valence-electron chi connectivity index (χ0n) is 7.18. The summed E-state index contributed by atoms with van der Waals surface area (Å²) in [5.41, 5.74) is 3.16. The van der Waals surface area contributed by atoms with Crippen molar-refractivity contribution in [2.24, 2.45) is 0 Å². The molecule has 0 radical (unpaired) electrons. The smallest absolute Gasteiger partial charge is 0.182 e. The van der Waals surface area contributed by atoms with Gasteiger partial charge in [-0.2, -0.15) is 0 Å². The van der Waals surface area contributed by atoms with Crippen LogP contribution in [0.2, 0.25) is 0 Å². The van der Waals surface area contributed by atoms with Gasteiger partial charge >= 0.3 is 0 Å².